The van der Waals surface area contributed by atoms with Gasteiger partial charge in [0.15, 0.2) is 0 Å². The standard InChI is InChI=1S/C10H23ClN2O2S/c1-10(2)13(3)8-5-7-12-16(14,15)9-4-6-11/h10,12H,4-9H2,1-3H3. The van der Waals surface area contributed by atoms with Crippen LogP contribution in [0.2, 0.25) is 0 Å². The number of hydrogen-bond donors (Lipinski definition) is 1. The molecule has 16 heavy (non-hydrogen) atoms. The van der Waals surface area contributed by atoms with Gasteiger partial charge in [0.2, 0.25) is 10.0 Å². The van der Waals surface area contributed by atoms with Crippen molar-refractivity contribution >= 4 is 21.6 Å². The Morgan fingerprint density at radius 2 is 1.94 bits per heavy atom. The molecule has 0 heterocycles. The van der Waals surface area contributed by atoms with Gasteiger partial charge in [0.1, 0.15) is 0 Å². The van der Waals surface area contributed by atoms with E-state index in [1.807, 2.05) is 7.05 Å². The van der Waals surface area contributed by atoms with E-state index in [0.29, 0.717) is 24.9 Å². The molecule has 4 nitrogen and oxygen atoms in total. The molecule has 0 aliphatic carbocycles. The van der Waals surface area contributed by atoms with E-state index in [1.165, 1.54) is 0 Å². The first-order chi connectivity index (χ1) is 7.39. The van der Waals surface area contributed by atoms with E-state index >= 15 is 0 Å². The largest absolute Gasteiger partial charge is 0.304 e. The van der Waals surface area contributed by atoms with Gasteiger partial charge in [-0.1, -0.05) is 0 Å². The summed E-state index contributed by atoms with van der Waals surface area (Å²) in [4.78, 5) is 2.19. The minimum Gasteiger partial charge on any atom is -0.304 e. The van der Waals surface area contributed by atoms with Gasteiger partial charge in [-0.25, -0.2) is 13.1 Å². The number of alkyl halides is 1. The molecule has 0 aromatic heterocycles. The predicted octanol–water partition coefficient (Wildman–Crippen LogP) is 1.26. The van der Waals surface area contributed by atoms with Gasteiger partial charge in [-0.3, -0.25) is 0 Å². The van der Waals surface area contributed by atoms with E-state index in [-0.39, 0.29) is 5.75 Å². The highest BCUT2D eigenvalue weighted by atomic mass is 35.5. The summed E-state index contributed by atoms with van der Waals surface area (Å²) in [6.45, 7) is 5.63. The summed E-state index contributed by atoms with van der Waals surface area (Å²) in [7, 11) is -1.08. The van der Waals surface area contributed by atoms with Crippen LogP contribution in [0.4, 0.5) is 0 Å². The maximum Gasteiger partial charge on any atom is 0.211 e. The highest BCUT2D eigenvalue weighted by Crippen LogP contribution is 1.96. The summed E-state index contributed by atoms with van der Waals surface area (Å²) in [5.74, 6) is 0.507. The monoisotopic (exact) mass is 270 g/mol. The summed E-state index contributed by atoms with van der Waals surface area (Å²) < 4.78 is 25.3. The summed E-state index contributed by atoms with van der Waals surface area (Å²) in [6, 6.07) is 0.493. The Labute approximate surface area is 104 Å². The Morgan fingerprint density at radius 1 is 1.31 bits per heavy atom. The lowest BCUT2D eigenvalue weighted by molar-refractivity contribution is 0.271. The van der Waals surface area contributed by atoms with Crippen LogP contribution in [0.25, 0.3) is 0 Å². The molecule has 0 unspecified atom stereocenters. The Morgan fingerprint density at radius 3 is 2.44 bits per heavy atom. The summed E-state index contributed by atoms with van der Waals surface area (Å²) in [6.07, 6.45) is 1.33. The molecule has 98 valence electrons. The smallest absolute Gasteiger partial charge is 0.211 e. The first-order valence-corrected chi connectivity index (χ1v) is 7.81. The molecule has 0 saturated heterocycles. The predicted molar refractivity (Wildman–Crippen MR) is 69.5 cm³/mol. The molecule has 0 aromatic rings. The zero-order valence-electron chi connectivity index (χ0n) is 10.4. The minimum atomic E-state index is -3.11. The second-order valence-corrected chi connectivity index (χ2v) is 6.49. The molecule has 0 aromatic carbocycles. The SMILES string of the molecule is CC(C)N(C)CCCNS(=O)(=O)CCCCl. The second-order valence-electron chi connectivity index (χ2n) is 4.18. The van der Waals surface area contributed by atoms with E-state index < -0.39 is 10.0 Å². The van der Waals surface area contributed by atoms with Crippen molar-refractivity contribution in [3.63, 3.8) is 0 Å². The first kappa shape index (κ1) is 16.2. The van der Waals surface area contributed by atoms with Crippen LogP contribution in [0.15, 0.2) is 0 Å². The van der Waals surface area contributed by atoms with Crippen LogP contribution < -0.4 is 4.72 Å². The number of rotatable bonds is 9. The zero-order chi connectivity index (χ0) is 12.6. The highest BCUT2D eigenvalue weighted by molar-refractivity contribution is 7.89. The van der Waals surface area contributed by atoms with Gasteiger partial charge in [-0.15, -0.1) is 11.6 Å². The third-order valence-corrected chi connectivity index (χ3v) is 4.18. The van der Waals surface area contributed by atoms with Crippen LogP contribution in [0.3, 0.4) is 0 Å². The fourth-order valence-corrected chi connectivity index (χ4v) is 2.55. The van der Waals surface area contributed by atoms with Gasteiger partial charge >= 0.3 is 0 Å². The Balaban J connectivity index is 3.65. The van der Waals surface area contributed by atoms with Crippen LogP contribution in [0, 0.1) is 0 Å². The molecule has 0 aliphatic rings. The van der Waals surface area contributed by atoms with Crippen molar-refractivity contribution in [1.29, 1.82) is 0 Å². The molecule has 0 atom stereocenters. The van der Waals surface area contributed by atoms with Gasteiger partial charge < -0.3 is 4.90 Å². The average molecular weight is 271 g/mol. The maximum atomic E-state index is 11.4. The lowest BCUT2D eigenvalue weighted by Gasteiger charge is -2.20. The fourth-order valence-electron chi connectivity index (χ4n) is 1.13. The molecule has 0 rings (SSSR count). The van der Waals surface area contributed by atoms with Crippen molar-refractivity contribution < 1.29 is 8.42 Å². The number of nitrogens with one attached hydrogen (secondary N) is 1. The fraction of sp³-hybridized carbons (Fsp3) is 1.00. The van der Waals surface area contributed by atoms with Gasteiger partial charge in [0, 0.05) is 18.5 Å². The minimum absolute atomic E-state index is 0.122. The Hall–Kier alpha value is 0.160. The van der Waals surface area contributed by atoms with Gasteiger partial charge in [-0.05, 0) is 40.3 Å². The van der Waals surface area contributed by atoms with E-state index in [2.05, 4.69) is 23.5 Å². The van der Waals surface area contributed by atoms with E-state index in [0.717, 1.165) is 13.0 Å². The molecule has 0 bridgehead atoms. The van der Waals surface area contributed by atoms with Gasteiger partial charge in [0.05, 0.1) is 5.75 Å². The van der Waals surface area contributed by atoms with E-state index in [9.17, 15) is 8.42 Å². The first-order valence-electron chi connectivity index (χ1n) is 5.62. The highest BCUT2D eigenvalue weighted by Gasteiger charge is 2.09. The van der Waals surface area contributed by atoms with Crippen LogP contribution in [-0.4, -0.2) is 51.1 Å². The lowest BCUT2D eigenvalue weighted by atomic mass is 10.3. The normalized spacial score (nSPS) is 12.6. The van der Waals surface area contributed by atoms with Crippen LogP contribution in [-0.2, 0) is 10.0 Å². The zero-order valence-corrected chi connectivity index (χ0v) is 11.9. The molecule has 0 saturated carbocycles. The quantitative estimate of drug-likeness (QED) is 0.507. The topological polar surface area (TPSA) is 49.4 Å². The van der Waals surface area contributed by atoms with E-state index in [4.69, 9.17) is 11.6 Å². The molecule has 0 spiro atoms. The summed E-state index contributed by atoms with van der Waals surface area (Å²) in [5.41, 5.74) is 0. The van der Waals surface area contributed by atoms with Crippen molar-refractivity contribution in [1.82, 2.24) is 9.62 Å². The third kappa shape index (κ3) is 8.33. The third-order valence-electron chi connectivity index (χ3n) is 2.44. The summed E-state index contributed by atoms with van der Waals surface area (Å²) >= 11 is 5.45. The summed E-state index contributed by atoms with van der Waals surface area (Å²) in [5, 5.41) is 0. The van der Waals surface area contributed by atoms with Crippen LogP contribution in [0.1, 0.15) is 26.7 Å². The number of nitrogens with zero attached hydrogens (tertiary/aromatic N) is 1. The van der Waals surface area contributed by atoms with Crippen LogP contribution in [0.5, 0.6) is 0 Å². The number of sulfonamides is 1. The molecule has 0 radical (unpaired) electrons. The van der Waals surface area contributed by atoms with Crippen molar-refractivity contribution in [3.05, 3.63) is 0 Å². The number of halogens is 1. The second kappa shape index (κ2) is 8.28. The van der Waals surface area contributed by atoms with Crippen molar-refractivity contribution in [3.8, 4) is 0 Å². The number of hydrogen-bond acceptors (Lipinski definition) is 3. The Bertz CT molecular complexity index is 268. The average Bonchev–Trinajstić information content (AvgIpc) is 2.21. The van der Waals surface area contributed by atoms with E-state index in [1.54, 1.807) is 0 Å². The van der Waals surface area contributed by atoms with Gasteiger partial charge in [0.25, 0.3) is 0 Å². The molecule has 0 aliphatic heterocycles. The molecular formula is C10H23ClN2O2S. The van der Waals surface area contributed by atoms with Crippen molar-refractivity contribution in [2.45, 2.75) is 32.7 Å². The molecule has 1 N–H and O–H groups in total. The maximum absolute atomic E-state index is 11.4. The molecule has 0 amide bonds. The van der Waals surface area contributed by atoms with Gasteiger partial charge in [-0.2, -0.15) is 0 Å². The molecular weight excluding hydrogens is 248 g/mol. The Kier molecular flexibility index (Phi) is 8.36. The van der Waals surface area contributed by atoms with Crippen molar-refractivity contribution in [2.75, 3.05) is 31.8 Å². The van der Waals surface area contributed by atoms with Crippen LogP contribution >= 0.6 is 11.6 Å². The lowest BCUT2D eigenvalue weighted by Crippen LogP contribution is -2.32. The van der Waals surface area contributed by atoms with Crippen molar-refractivity contribution in [2.24, 2.45) is 0 Å². The molecule has 6 heteroatoms. The molecule has 0 fully saturated rings.